The second-order valence-electron chi connectivity index (χ2n) is 2.51. The van der Waals surface area contributed by atoms with Crippen molar-refractivity contribution in [2.45, 2.75) is 13.3 Å². The van der Waals surface area contributed by atoms with Gasteiger partial charge in [0.25, 0.3) is 0 Å². The molecule has 0 aromatic carbocycles. The van der Waals surface area contributed by atoms with Gasteiger partial charge in [-0.15, -0.1) is 0 Å². The van der Waals surface area contributed by atoms with E-state index in [9.17, 15) is 0 Å². The topological polar surface area (TPSA) is 22.1 Å². The Labute approximate surface area is 72.9 Å². The van der Waals surface area contributed by atoms with Crippen LogP contribution < -0.4 is 4.74 Å². The van der Waals surface area contributed by atoms with E-state index in [-0.39, 0.29) is 0 Å². The van der Waals surface area contributed by atoms with Crippen LogP contribution in [0, 0.1) is 0 Å². The smallest absolute Gasteiger partial charge is 0.138 e. The summed E-state index contributed by atoms with van der Waals surface area (Å²) < 4.78 is 5.39. The Balaban J connectivity index is 2.66. The minimum Gasteiger partial charge on any atom is -0.492 e. The van der Waals surface area contributed by atoms with Crippen LogP contribution in [0.2, 0.25) is 0 Å². The Morgan fingerprint density at radius 3 is 3.08 bits per heavy atom. The average molecular weight is 163 g/mol. The molecule has 0 unspecified atom stereocenters. The molecule has 2 heteroatoms. The molecule has 0 saturated carbocycles. The quantitative estimate of drug-likeness (QED) is 0.680. The van der Waals surface area contributed by atoms with Crippen molar-refractivity contribution in [2.24, 2.45) is 0 Å². The summed E-state index contributed by atoms with van der Waals surface area (Å²) in [6, 6.07) is 1.93. The summed E-state index contributed by atoms with van der Waals surface area (Å²) in [5.41, 5.74) is 0.989. The molecule has 64 valence electrons. The van der Waals surface area contributed by atoms with Gasteiger partial charge in [0.2, 0.25) is 0 Å². The third-order valence-corrected chi connectivity index (χ3v) is 1.44. The molecular formula is C10H13NO. The van der Waals surface area contributed by atoms with E-state index >= 15 is 0 Å². The van der Waals surface area contributed by atoms with Crippen LogP contribution in [0.3, 0.4) is 0 Å². The van der Waals surface area contributed by atoms with Gasteiger partial charge in [0.05, 0.1) is 12.8 Å². The van der Waals surface area contributed by atoms with Gasteiger partial charge in [-0.25, -0.2) is 0 Å². The summed E-state index contributed by atoms with van der Waals surface area (Å²) in [4.78, 5) is 4.01. The molecule has 1 aromatic heterocycles. The second kappa shape index (κ2) is 4.54. The van der Waals surface area contributed by atoms with E-state index in [1.165, 1.54) is 0 Å². The lowest BCUT2D eigenvalue weighted by Crippen LogP contribution is -1.95. The van der Waals surface area contributed by atoms with Gasteiger partial charge in [0.1, 0.15) is 5.75 Å². The zero-order chi connectivity index (χ0) is 8.81. The van der Waals surface area contributed by atoms with Gasteiger partial charge in [-0.2, -0.15) is 0 Å². The molecule has 0 aliphatic carbocycles. The predicted molar refractivity (Wildman–Crippen MR) is 50.1 cm³/mol. The van der Waals surface area contributed by atoms with Crippen molar-refractivity contribution in [3.05, 3.63) is 30.6 Å². The summed E-state index contributed by atoms with van der Waals surface area (Å²) in [6.45, 7) is 6.47. The van der Waals surface area contributed by atoms with E-state index in [0.29, 0.717) is 0 Å². The minimum atomic E-state index is 0.738. The number of pyridine rings is 1. The largest absolute Gasteiger partial charge is 0.492 e. The Morgan fingerprint density at radius 1 is 1.58 bits per heavy atom. The van der Waals surface area contributed by atoms with Crippen molar-refractivity contribution in [3.8, 4) is 5.75 Å². The Kier molecular flexibility index (Phi) is 3.33. The fraction of sp³-hybridized carbons (Fsp3) is 0.300. The van der Waals surface area contributed by atoms with E-state index < -0.39 is 0 Å². The number of ether oxygens (including phenoxy) is 1. The first-order valence-electron chi connectivity index (χ1n) is 4.07. The maximum absolute atomic E-state index is 5.39. The van der Waals surface area contributed by atoms with E-state index in [1.54, 1.807) is 18.5 Å². The molecule has 12 heavy (non-hydrogen) atoms. The van der Waals surface area contributed by atoms with E-state index in [0.717, 1.165) is 24.3 Å². The van der Waals surface area contributed by atoms with Gasteiger partial charge in [0, 0.05) is 6.20 Å². The molecule has 0 fully saturated rings. The summed E-state index contributed by atoms with van der Waals surface area (Å²) in [5, 5.41) is 0. The van der Waals surface area contributed by atoms with Crippen molar-refractivity contribution >= 4 is 6.08 Å². The van der Waals surface area contributed by atoms with Crippen molar-refractivity contribution in [2.75, 3.05) is 6.61 Å². The lowest BCUT2D eigenvalue weighted by atomic mass is 10.3. The normalized spacial score (nSPS) is 9.42. The Bertz CT molecular complexity index is 258. The third kappa shape index (κ3) is 2.38. The zero-order valence-electron chi connectivity index (χ0n) is 7.29. The van der Waals surface area contributed by atoms with Crippen LogP contribution in [0.15, 0.2) is 25.0 Å². The van der Waals surface area contributed by atoms with Crippen LogP contribution in [0.5, 0.6) is 5.75 Å². The average Bonchev–Trinajstić information content (AvgIpc) is 2.15. The highest BCUT2D eigenvalue weighted by atomic mass is 16.5. The van der Waals surface area contributed by atoms with Crippen LogP contribution in [-0.2, 0) is 0 Å². The SMILES string of the molecule is C=Cc1cncc(OCCC)c1. The van der Waals surface area contributed by atoms with Gasteiger partial charge < -0.3 is 4.74 Å². The molecule has 0 aliphatic heterocycles. The molecule has 1 aromatic rings. The van der Waals surface area contributed by atoms with Gasteiger partial charge >= 0.3 is 0 Å². The lowest BCUT2D eigenvalue weighted by molar-refractivity contribution is 0.316. The number of hydrogen-bond donors (Lipinski definition) is 0. The first-order valence-corrected chi connectivity index (χ1v) is 4.07. The van der Waals surface area contributed by atoms with Crippen LogP contribution in [-0.4, -0.2) is 11.6 Å². The molecular weight excluding hydrogens is 150 g/mol. The Hall–Kier alpha value is -1.31. The highest BCUT2D eigenvalue weighted by Gasteiger charge is 1.93. The number of rotatable bonds is 4. The molecule has 0 aliphatic rings. The molecule has 0 radical (unpaired) electrons. The summed E-state index contributed by atoms with van der Waals surface area (Å²) in [7, 11) is 0. The van der Waals surface area contributed by atoms with E-state index in [4.69, 9.17) is 4.74 Å². The zero-order valence-corrected chi connectivity index (χ0v) is 7.29. The van der Waals surface area contributed by atoms with Gasteiger partial charge in [-0.1, -0.05) is 19.6 Å². The fourth-order valence-corrected chi connectivity index (χ4v) is 0.846. The molecule has 0 spiro atoms. The standard InChI is InChI=1S/C10H13NO/c1-3-5-12-10-6-9(4-2)7-11-8-10/h4,6-8H,2-3,5H2,1H3. The molecule has 0 N–H and O–H groups in total. The van der Waals surface area contributed by atoms with Crippen molar-refractivity contribution in [3.63, 3.8) is 0 Å². The molecule has 0 bridgehead atoms. The molecule has 1 heterocycles. The monoisotopic (exact) mass is 163 g/mol. The molecule has 2 nitrogen and oxygen atoms in total. The fourth-order valence-electron chi connectivity index (χ4n) is 0.846. The number of aromatic nitrogens is 1. The van der Waals surface area contributed by atoms with Gasteiger partial charge in [0.15, 0.2) is 0 Å². The molecule has 0 amide bonds. The minimum absolute atomic E-state index is 0.738. The summed E-state index contributed by atoms with van der Waals surface area (Å²) in [5.74, 6) is 0.814. The molecule has 0 atom stereocenters. The van der Waals surface area contributed by atoms with Crippen molar-refractivity contribution < 1.29 is 4.74 Å². The van der Waals surface area contributed by atoms with Crippen LogP contribution in [0.4, 0.5) is 0 Å². The Morgan fingerprint density at radius 2 is 2.42 bits per heavy atom. The van der Waals surface area contributed by atoms with E-state index in [1.807, 2.05) is 6.07 Å². The third-order valence-electron chi connectivity index (χ3n) is 1.44. The summed E-state index contributed by atoms with van der Waals surface area (Å²) in [6.07, 6.45) is 6.23. The lowest BCUT2D eigenvalue weighted by Gasteiger charge is -2.03. The van der Waals surface area contributed by atoms with Gasteiger partial charge in [-0.05, 0) is 18.1 Å². The van der Waals surface area contributed by atoms with E-state index in [2.05, 4.69) is 18.5 Å². The molecule has 1 rings (SSSR count). The maximum Gasteiger partial charge on any atom is 0.138 e. The first kappa shape index (κ1) is 8.78. The van der Waals surface area contributed by atoms with Crippen LogP contribution in [0.25, 0.3) is 6.08 Å². The predicted octanol–water partition coefficient (Wildman–Crippen LogP) is 2.51. The first-order chi connectivity index (χ1) is 5.86. The highest BCUT2D eigenvalue weighted by molar-refractivity contribution is 5.47. The summed E-state index contributed by atoms with van der Waals surface area (Å²) >= 11 is 0. The van der Waals surface area contributed by atoms with Gasteiger partial charge in [-0.3, -0.25) is 4.98 Å². The molecule has 0 saturated heterocycles. The number of hydrogen-bond acceptors (Lipinski definition) is 2. The van der Waals surface area contributed by atoms with Crippen molar-refractivity contribution in [1.29, 1.82) is 0 Å². The second-order valence-corrected chi connectivity index (χ2v) is 2.51. The van der Waals surface area contributed by atoms with Crippen molar-refractivity contribution in [1.82, 2.24) is 4.98 Å². The van der Waals surface area contributed by atoms with Crippen LogP contribution >= 0.6 is 0 Å². The highest BCUT2D eigenvalue weighted by Crippen LogP contribution is 2.11. The maximum atomic E-state index is 5.39. The number of nitrogens with zero attached hydrogens (tertiary/aromatic N) is 1. The van der Waals surface area contributed by atoms with Crippen LogP contribution in [0.1, 0.15) is 18.9 Å².